The number of amides is 1. The fraction of sp³-hybridized carbons (Fsp3) is 0. The SMILES string of the molecule is O=C(Nc1ccc(-n2cnnn2)cc1)c1c(F)cccc1Cl. The van der Waals surface area contributed by atoms with Gasteiger partial charge in [-0.2, -0.15) is 0 Å². The molecule has 0 bridgehead atoms. The second-order valence-corrected chi connectivity index (χ2v) is 4.76. The predicted octanol–water partition coefficient (Wildman–Crippen LogP) is 2.71. The molecule has 0 aliphatic carbocycles. The van der Waals surface area contributed by atoms with Crippen LogP contribution in [0.25, 0.3) is 5.69 Å². The van der Waals surface area contributed by atoms with E-state index in [1.165, 1.54) is 29.2 Å². The van der Waals surface area contributed by atoms with Gasteiger partial charge >= 0.3 is 0 Å². The summed E-state index contributed by atoms with van der Waals surface area (Å²) in [7, 11) is 0. The summed E-state index contributed by atoms with van der Waals surface area (Å²) in [5.74, 6) is -1.28. The fourth-order valence-corrected chi connectivity index (χ4v) is 2.13. The summed E-state index contributed by atoms with van der Waals surface area (Å²) < 4.78 is 15.2. The summed E-state index contributed by atoms with van der Waals surface area (Å²) in [5, 5.41) is 13.5. The third kappa shape index (κ3) is 2.79. The smallest absolute Gasteiger partial charge is 0.260 e. The minimum atomic E-state index is -0.671. The van der Waals surface area contributed by atoms with E-state index < -0.39 is 11.7 Å². The van der Waals surface area contributed by atoms with E-state index in [9.17, 15) is 9.18 Å². The average Bonchev–Trinajstić information content (AvgIpc) is 3.02. The van der Waals surface area contributed by atoms with E-state index in [1.54, 1.807) is 24.3 Å². The molecule has 0 spiro atoms. The van der Waals surface area contributed by atoms with Crippen LogP contribution in [0, 0.1) is 5.82 Å². The molecule has 0 fully saturated rings. The zero-order chi connectivity index (χ0) is 15.5. The molecule has 0 unspecified atom stereocenters. The number of hydrogen-bond donors (Lipinski definition) is 1. The molecule has 2 aromatic carbocycles. The van der Waals surface area contributed by atoms with Gasteiger partial charge in [0, 0.05) is 5.69 Å². The van der Waals surface area contributed by atoms with Gasteiger partial charge in [-0.25, -0.2) is 9.07 Å². The zero-order valence-electron chi connectivity index (χ0n) is 11.1. The van der Waals surface area contributed by atoms with Crippen molar-refractivity contribution in [2.24, 2.45) is 0 Å². The standard InChI is InChI=1S/C14H9ClFN5O/c15-11-2-1-3-12(16)13(11)14(22)18-9-4-6-10(7-5-9)21-8-17-19-20-21/h1-8H,(H,18,22). The number of benzene rings is 2. The molecule has 0 radical (unpaired) electrons. The topological polar surface area (TPSA) is 72.7 Å². The molecule has 6 nitrogen and oxygen atoms in total. The predicted molar refractivity (Wildman–Crippen MR) is 78.5 cm³/mol. The second kappa shape index (κ2) is 5.90. The van der Waals surface area contributed by atoms with E-state index in [0.717, 1.165) is 5.69 Å². The van der Waals surface area contributed by atoms with Crippen LogP contribution < -0.4 is 5.32 Å². The van der Waals surface area contributed by atoms with Gasteiger partial charge in [0.25, 0.3) is 5.91 Å². The Labute approximate surface area is 129 Å². The number of carbonyl (C=O) groups is 1. The molecule has 1 amide bonds. The minimum Gasteiger partial charge on any atom is -0.322 e. The molecule has 22 heavy (non-hydrogen) atoms. The summed E-state index contributed by atoms with van der Waals surface area (Å²) in [4.78, 5) is 12.1. The first kappa shape index (κ1) is 14.2. The first-order valence-corrected chi connectivity index (χ1v) is 6.62. The zero-order valence-corrected chi connectivity index (χ0v) is 11.8. The molecule has 0 aliphatic heterocycles. The maximum absolute atomic E-state index is 13.7. The van der Waals surface area contributed by atoms with Crippen molar-refractivity contribution in [2.45, 2.75) is 0 Å². The summed E-state index contributed by atoms with van der Waals surface area (Å²) >= 11 is 5.86. The van der Waals surface area contributed by atoms with Crippen LogP contribution >= 0.6 is 11.6 Å². The Hall–Kier alpha value is -2.80. The van der Waals surface area contributed by atoms with Gasteiger partial charge in [0.2, 0.25) is 0 Å². The van der Waals surface area contributed by atoms with Gasteiger partial charge in [-0.15, -0.1) is 5.10 Å². The van der Waals surface area contributed by atoms with Gasteiger partial charge in [0.1, 0.15) is 12.1 Å². The molecule has 110 valence electrons. The number of halogens is 2. The van der Waals surface area contributed by atoms with Crippen LogP contribution in [0.1, 0.15) is 10.4 Å². The summed E-state index contributed by atoms with van der Waals surface area (Å²) in [6.45, 7) is 0. The number of nitrogens with one attached hydrogen (secondary N) is 1. The maximum atomic E-state index is 13.7. The fourth-order valence-electron chi connectivity index (χ4n) is 1.89. The first-order chi connectivity index (χ1) is 10.6. The molecule has 0 atom stereocenters. The van der Waals surface area contributed by atoms with Gasteiger partial charge in [-0.05, 0) is 46.8 Å². The van der Waals surface area contributed by atoms with Gasteiger partial charge in [0.15, 0.2) is 0 Å². The average molecular weight is 318 g/mol. The quantitative estimate of drug-likeness (QED) is 0.806. The number of carbonyl (C=O) groups excluding carboxylic acids is 1. The van der Waals surface area contributed by atoms with E-state index in [2.05, 4.69) is 20.8 Å². The number of tetrazole rings is 1. The van der Waals surface area contributed by atoms with Crippen molar-refractivity contribution in [1.29, 1.82) is 0 Å². The van der Waals surface area contributed by atoms with E-state index >= 15 is 0 Å². The van der Waals surface area contributed by atoms with Crippen LogP contribution in [-0.4, -0.2) is 26.1 Å². The van der Waals surface area contributed by atoms with Crippen molar-refractivity contribution in [3.8, 4) is 5.69 Å². The van der Waals surface area contributed by atoms with Crippen molar-refractivity contribution in [2.75, 3.05) is 5.32 Å². The monoisotopic (exact) mass is 317 g/mol. The lowest BCUT2D eigenvalue weighted by Gasteiger charge is -2.08. The lowest BCUT2D eigenvalue weighted by atomic mass is 10.2. The Morgan fingerprint density at radius 1 is 1.18 bits per heavy atom. The van der Waals surface area contributed by atoms with Crippen LogP contribution in [0.4, 0.5) is 10.1 Å². The van der Waals surface area contributed by atoms with Crippen molar-refractivity contribution >= 4 is 23.2 Å². The highest BCUT2D eigenvalue weighted by Crippen LogP contribution is 2.21. The number of aromatic nitrogens is 4. The molecule has 0 saturated carbocycles. The van der Waals surface area contributed by atoms with Gasteiger partial charge in [-0.3, -0.25) is 4.79 Å². The Kier molecular flexibility index (Phi) is 3.80. The Morgan fingerprint density at radius 2 is 1.95 bits per heavy atom. The molecule has 1 heterocycles. The van der Waals surface area contributed by atoms with E-state index in [4.69, 9.17) is 11.6 Å². The Bertz CT molecular complexity index is 784. The van der Waals surface area contributed by atoms with Gasteiger partial charge < -0.3 is 5.32 Å². The third-order valence-electron chi connectivity index (χ3n) is 2.93. The van der Waals surface area contributed by atoms with Crippen LogP contribution in [0.2, 0.25) is 5.02 Å². The molecular formula is C14H9ClFN5O. The normalized spacial score (nSPS) is 10.5. The molecule has 3 aromatic rings. The molecule has 1 N–H and O–H groups in total. The first-order valence-electron chi connectivity index (χ1n) is 6.24. The van der Waals surface area contributed by atoms with E-state index in [0.29, 0.717) is 5.69 Å². The van der Waals surface area contributed by atoms with Gasteiger partial charge in [0.05, 0.1) is 16.3 Å². The number of nitrogens with zero attached hydrogens (tertiary/aromatic N) is 4. The summed E-state index contributed by atoms with van der Waals surface area (Å²) in [5.41, 5.74) is 1.04. The second-order valence-electron chi connectivity index (χ2n) is 4.35. The summed E-state index contributed by atoms with van der Waals surface area (Å²) in [6.07, 6.45) is 1.45. The largest absolute Gasteiger partial charge is 0.322 e. The van der Waals surface area contributed by atoms with Crippen molar-refractivity contribution in [3.63, 3.8) is 0 Å². The van der Waals surface area contributed by atoms with Crippen LogP contribution in [0.15, 0.2) is 48.8 Å². The molecule has 3 rings (SSSR count). The molecular weight excluding hydrogens is 309 g/mol. The van der Waals surface area contributed by atoms with Crippen LogP contribution in [0.5, 0.6) is 0 Å². The van der Waals surface area contributed by atoms with Crippen molar-refractivity contribution in [1.82, 2.24) is 20.2 Å². The van der Waals surface area contributed by atoms with E-state index in [-0.39, 0.29) is 10.6 Å². The minimum absolute atomic E-state index is 0.0582. The lowest BCUT2D eigenvalue weighted by molar-refractivity contribution is 0.102. The lowest BCUT2D eigenvalue weighted by Crippen LogP contribution is -2.14. The highest BCUT2D eigenvalue weighted by atomic mass is 35.5. The summed E-state index contributed by atoms with van der Waals surface area (Å²) in [6, 6.07) is 10.8. The highest BCUT2D eigenvalue weighted by molar-refractivity contribution is 6.34. The molecule has 1 aromatic heterocycles. The maximum Gasteiger partial charge on any atom is 0.260 e. The van der Waals surface area contributed by atoms with Crippen LogP contribution in [0.3, 0.4) is 0 Å². The van der Waals surface area contributed by atoms with Crippen molar-refractivity contribution < 1.29 is 9.18 Å². The molecule has 0 aliphatic rings. The van der Waals surface area contributed by atoms with Gasteiger partial charge in [-0.1, -0.05) is 17.7 Å². The van der Waals surface area contributed by atoms with Crippen molar-refractivity contribution in [3.05, 3.63) is 65.2 Å². The van der Waals surface area contributed by atoms with E-state index in [1.807, 2.05) is 0 Å². The molecule has 8 heteroatoms. The Morgan fingerprint density at radius 3 is 2.59 bits per heavy atom. The Balaban J connectivity index is 1.80. The highest BCUT2D eigenvalue weighted by Gasteiger charge is 2.15. The van der Waals surface area contributed by atoms with Crippen LogP contribution in [-0.2, 0) is 0 Å². The molecule has 0 saturated heterocycles. The number of rotatable bonds is 3. The number of hydrogen-bond acceptors (Lipinski definition) is 4. The number of anilines is 1. The third-order valence-corrected chi connectivity index (χ3v) is 3.24.